The van der Waals surface area contributed by atoms with Gasteiger partial charge in [0, 0.05) is 56.9 Å². The van der Waals surface area contributed by atoms with Gasteiger partial charge in [0.15, 0.2) is 11.6 Å². The maximum atomic E-state index is 11.3. The summed E-state index contributed by atoms with van der Waals surface area (Å²) in [5, 5.41) is 40.4. The van der Waals surface area contributed by atoms with Gasteiger partial charge in [-0.15, -0.1) is 67.7 Å². The maximum Gasteiger partial charge on any atom is 0.369 e. The molecule has 92 heavy (non-hydrogen) atoms. The van der Waals surface area contributed by atoms with Crippen LogP contribution in [0, 0.1) is 0 Å². The molecular weight excluding hydrogens is 1430 g/mol. The largest absolute Gasteiger partial charge is 0.508 e. The number of amides is 3. The van der Waals surface area contributed by atoms with E-state index < -0.39 is 23.5 Å². The molecular formula is C59H73BBr3N13O14S2. The zero-order chi connectivity index (χ0) is 67.5. The summed E-state index contributed by atoms with van der Waals surface area (Å²) in [5.41, 5.74) is 28.0. The molecule has 10 rings (SSSR count). The second-order valence-electron chi connectivity index (χ2n) is 18.8. The van der Waals surface area contributed by atoms with Gasteiger partial charge in [0.2, 0.25) is 17.4 Å². The molecule has 14 N–H and O–H groups in total. The van der Waals surface area contributed by atoms with E-state index in [9.17, 15) is 29.4 Å². The normalized spacial score (nSPS) is 11.2. The smallest absolute Gasteiger partial charge is 0.369 e. The van der Waals surface area contributed by atoms with Crippen LogP contribution in [0.3, 0.4) is 0 Å². The number of aromatic nitrogens is 6. The first-order valence-electron chi connectivity index (χ1n) is 27.2. The number of nitrogens with one attached hydrogen (secondary N) is 1. The van der Waals surface area contributed by atoms with Crippen molar-refractivity contribution >= 4 is 109 Å². The van der Waals surface area contributed by atoms with Gasteiger partial charge in [-0.2, -0.15) is 0 Å². The highest BCUT2D eigenvalue weighted by Crippen LogP contribution is 2.41. The number of Topliss-reactive ketones (excluding diaryl/α,β-unsaturated/α-hetero) is 1. The van der Waals surface area contributed by atoms with E-state index in [1.807, 2.05) is 54.6 Å². The summed E-state index contributed by atoms with van der Waals surface area (Å²) in [5.74, 6) is 4.57. The van der Waals surface area contributed by atoms with Gasteiger partial charge in [0.05, 0.1) is 85.3 Å². The predicted molar refractivity (Wildman–Crippen MR) is 368 cm³/mol. The second-order valence-corrected chi connectivity index (χ2v) is 25.9. The summed E-state index contributed by atoms with van der Waals surface area (Å²) in [4.78, 5) is 46.4. The molecule has 3 aliphatic heterocycles. The lowest BCUT2D eigenvalue weighted by Crippen LogP contribution is -2.31. The molecule has 7 aromatic rings. The molecule has 33 heteroatoms. The average Bonchev–Trinajstić information content (AvgIpc) is 1.55. The lowest BCUT2D eigenvalue weighted by atomic mass is 9.99. The van der Waals surface area contributed by atoms with Crippen LogP contribution >= 0.6 is 71.7 Å². The van der Waals surface area contributed by atoms with Crippen molar-refractivity contribution in [1.82, 2.24) is 41.0 Å². The monoisotopic (exact) mass is 1500 g/mol. The molecule has 0 saturated carbocycles. The number of aryl methyl sites for hydroxylation is 2. The predicted octanol–water partition coefficient (Wildman–Crippen LogP) is 7.09. The minimum Gasteiger partial charge on any atom is -0.508 e. The number of methoxy groups -OCH3 is 8. The number of rotatable bonds is 16. The van der Waals surface area contributed by atoms with E-state index >= 15 is 0 Å². The minimum absolute atomic E-state index is 0. The first kappa shape index (κ1) is 77.8. The van der Waals surface area contributed by atoms with Crippen molar-refractivity contribution in [2.45, 2.75) is 52.1 Å². The van der Waals surface area contributed by atoms with Crippen LogP contribution in [-0.4, -0.2) is 153 Å². The van der Waals surface area contributed by atoms with Gasteiger partial charge in [-0.1, -0.05) is 12.2 Å². The first-order valence-corrected chi connectivity index (χ1v) is 30.7. The Labute approximate surface area is 567 Å². The van der Waals surface area contributed by atoms with E-state index in [2.05, 4.69) is 101 Å². The summed E-state index contributed by atoms with van der Waals surface area (Å²) >= 11 is 19.1. The minimum atomic E-state index is -0.880. The fraction of sp³-hybridized carbons (Fsp3) is 0.322. The molecule has 0 aliphatic carbocycles. The van der Waals surface area contributed by atoms with Gasteiger partial charge in [0.1, 0.15) is 62.5 Å². The Hall–Kier alpha value is -8.43. The summed E-state index contributed by atoms with van der Waals surface area (Å²) in [6.07, 6.45) is 3.88. The summed E-state index contributed by atoms with van der Waals surface area (Å²) in [6.45, 7) is 4.36. The fourth-order valence-electron chi connectivity index (χ4n) is 8.92. The lowest BCUT2D eigenvalue weighted by Gasteiger charge is -2.21. The highest BCUT2D eigenvalue weighted by Gasteiger charge is 2.29. The molecule has 0 fully saturated rings. The van der Waals surface area contributed by atoms with Crippen LogP contribution in [0.15, 0.2) is 77.8 Å². The number of aliphatic imine (C=N–C) groups is 1. The molecule has 2 aromatic heterocycles. The van der Waals surface area contributed by atoms with E-state index in [4.69, 9.17) is 67.3 Å². The Bertz CT molecular complexity index is 3630. The number of hydrogen-bond donors (Lipinski definition) is 8. The first-order chi connectivity index (χ1) is 43.5. The molecule has 5 aromatic carbocycles. The van der Waals surface area contributed by atoms with E-state index in [0.717, 1.165) is 118 Å². The van der Waals surface area contributed by atoms with Gasteiger partial charge in [-0.05, 0) is 121 Å². The number of ketones is 1. The molecule has 0 unspecified atom stereocenters. The molecule has 0 atom stereocenters. The number of carbonyl (C=O) groups is 4. The Balaban J connectivity index is 0.000000290. The summed E-state index contributed by atoms with van der Waals surface area (Å²) in [7, 11) is 13.0. The molecule has 494 valence electrons. The second kappa shape index (κ2) is 39.1. The van der Waals surface area contributed by atoms with Crippen LogP contribution in [-0.2, 0) is 54.8 Å². The lowest BCUT2D eigenvalue weighted by molar-refractivity contribution is -0.134. The average molecular weight is 1500 g/mol. The van der Waals surface area contributed by atoms with Gasteiger partial charge in [-0.3, -0.25) is 19.2 Å². The summed E-state index contributed by atoms with van der Waals surface area (Å²) in [6, 6.07) is 21.9. The standard InChI is InChI=1S/C13H14N4O3.C11H10N4O3.2C11H13NO2S.C10H15NO2.C3H5NO2.BBr3.H3N/c1-19-8-5-7-3-4-17-12(10(7)9(6-8)20-2)15-16-13(17)11(14)18;12-9(18)11-14-13-10-8-5(1-2-15(10)11)3-6(16)4-7(8)17;1-13-8-5-7-3-4-12-11(15)10(7)9(6-8)14-2;1-13-10-5-9(3-4-12-8-15)6-11(7-10)14-2;1-12-9-5-8(3-4-11)6-10(7-9)13-2;1-2(5)3(4)6;2-1(3)4;/h5-6H,3-4H2,1-2H3,(H2,14,18);3-4,16-17H,1-2H2,(H2,12,18);5-6H,3-4H2,1-2H3,(H,12,15);5-7H,3-4H2,1-2H3;5-7H,3-4,11H2,1-2H3;1H3,(H2,4,6);;1H3. The third-order valence-corrected chi connectivity index (χ3v) is 13.6. The van der Waals surface area contributed by atoms with Crippen LogP contribution in [0.2, 0.25) is 0 Å². The summed E-state index contributed by atoms with van der Waals surface area (Å²) < 4.78 is 45.3. The SMILES string of the molecule is BrB(Br)Br.CC(=O)C(N)=O.COc1cc(CCN)cc(OC)c1.COc1cc(CCN=C=S)cc(OC)c1.COc1cc2c(c(OC)c1)-c1nnc(C(N)=O)n1CC2.COc1cc2c(c(OC)c1)C(=S)NCC2.N.NC(=O)c1nnc2n1CCc1cc(O)cc(O)c1-2. The number of thiocarbonyl (C=S) groups is 2. The van der Waals surface area contributed by atoms with Crippen molar-refractivity contribution in [3.63, 3.8) is 0 Å². The van der Waals surface area contributed by atoms with Crippen molar-refractivity contribution in [1.29, 1.82) is 0 Å². The van der Waals surface area contributed by atoms with E-state index in [-0.39, 0.29) is 32.5 Å². The zero-order valence-electron chi connectivity index (χ0n) is 52.0. The molecule has 0 spiro atoms. The number of nitrogens with two attached hydrogens (primary N) is 4. The molecule has 5 heterocycles. The third kappa shape index (κ3) is 22.5. The highest BCUT2D eigenvalue weighted by molar-refractivity contribution is 9.69. The quantitative estimate of drug-likeness (QED) is 0.0207. The van der Waals surface area contributed by atoms with Crippen molar-refractivity contribution in [3.8, 4) is 80.3 Å². The topological polar surface area (TPSA) is 407 Å². The number of isothiocyanates is 1. The van der Waals surface area contributed by atoms with Gasteiger partial charge >= 0.3 is 3.18 Å². The van der Waals surface area contributed by atoms with Crippen LogP contribution < -0.4 is 72.3 Å². The van der Waals surface area contributed by atoms with Crippen LogP contribution in [0.1, 0.15) is 61.5 Å². The van der Waals surface area contributed by atoms with Crippen LogP contribution in [0.4, 0.5) is 0 Å². The molecule has 0 radical (unpaired) electrons. The zero-order valence-corrected chi connectivity index (χ0v) is 58.4. The maximum absolute atomic E-state index is 11.3. The Morgan fingerprint density at radius 1 is 0.598 bits per heavy atom. The molecule has 3 amide bonds. The van der Waals surface area contributed by atoms with Crippen molar-refractivity contribution in [2.24, 2.45) is 27.9 Å². The number of ether oxygens (including phenoxy) is 8. The molecule has 27 nitrogen and oxygen atoms in total. The van der Waals surface area contributed by atoms with Gasteiger partial charge < -0.3 is 91.6 Å². The van der Waals surface area contributed by atoms with E-state index in [0.29, 0.717) is 55.6 Å². The number of benzene rings is 5. The number of hydrogen-bond acceptors (Lipinski definition) is 23. The number of nitrogens with zero attached hydrogens (tertiary/aromatic N) is 7. The van der Waals surface area contributed by atoms with E-state index in [1.54, 1.807) is 78.1 Å². The molecule has 0 bridgehead atoms. The van der Waals surface area contributed by atoms with Crippen LogP contribution in [0.5, 0.6) is 57.5 Å². The fourth-order valence-corrected chi connectivity index (χ4v) is 9.35. The van der Waals surface area contributed by atoms with Crippen LogP contribution in [0.25, 0.3) is 22.8 Å². The number of fused-ring (bicyclic) bond motifs is 7. The van der Waals surface area contributed by atoms with E-state index in [1.165, 1.54) is 11.6 Å². The third-order valence-electron chi connectivity index (χ3n) is 13.1. The number of phenols is 2. The highest BCUT2D eigenvalue weighted by atomic mass is 79.9. The number of halogens is 3. The number of carbonyl (C=O) groups excluding carboxylic acids is 4. The number of aromatic hydroxyl groups is 2. The van der Waals surface area contributed by atoms with Crippen molar-refractivity contribution in [3.05, 3.63) is 118 Å². The van der Waals surface area contributed by atoms with Gasteiger partial charge in [0.25, 0.3) is 17.7 Å². The Morgan fingerprint density at radius 2 is 0.989 bits per heavy atom. The molecule has 3 aliphatic rings. The van der Waals surface area contributed by atoms with Crippen molar-refractivity contribution < 1.29 is 67.3 Å². The Kier molecular flexibility index (Phi) is 33.1. The number of primary amides is 3. The molecule has 0 saturated heterocycles. The van der Waals surface area contributed by atoms with Crippen molar-refractivity contribution in [2.75, 3.05) is 76.5 Å². The number of phenolic OH excluding ortho intramolecular Hbond substituents is 2. The van der Waals surface area contributed by atoms with Gasteiger partial charge in [-0.25, -0.2) is 4.99 Å². The Morgan fingerprint density at radius 3 is 1.38 bits per heavy atom.